The van der Waals surface area contributed by atoms with Gasteiger partial charge in [-0.1, -0.05) is 36.2 Å². The molecule has 0 fully saturated rings. The van der Waals surface area contributed by atoms with Crippen molar-refractivity contribution in [3.05, 3.63) is 52.0 Å². The number of carbonyl (C=O) groups is 2. The molecule has 0 bridgehead atoms. The van der Waals surface area contributed by atoms with Gasteiger partial charge in [0.1, 0.15) is 0 Å². The number of anilines is 1. The smallest absolute Gasteiger partial charge is 0.338 e. The zero-order valence-electron chi connectivity index (χ0n) is 15.6. The topological polar surface area (TPSA) is 73.9 Å². The molecule has 0 saturated carbocycles. The Morgan fingerprint density at radius 1 is 1.04 bits per heavy atom. The van der Waals surface area contributed by atoms with Crippen molar-refractivity contribution in [2.45, 2.75) is 20.3 Å². The summed E-state index contributed by atoms with van der Waals surface area (Å²) in [6.45, 7) is 4.31. The summed E-state index contributed by atoms with van der Waals surface area (Å²) < 4.78 is 16.2. The molecule has 0 aliphatic carbocycles. The Morgan fingerprint density at radius 3 is 2.54 bits per heavy atom. The fraction of sp³-hybridized carbons (Fsp3) is 0.300. The van der Waals surface area contributed by atoms with Crippen LogP contribution in [0.25, 0.3) is 0 Å². The lowest BCUT2D eigenvalue weighted by molar-refractivity contribution is -0.119. The monoisotopic (exact) mass is 425 g/mol. The summed E-state index contributed by atoms with van der Waals surface area (Å²) >= 11 is 11.9. The lowest BCUT2D eigenvalue weighted by Crippen LogP contribution is -2.21. The van der Waals surface area contributed by atoms with Crippen LogP contribution in [0.4, 0.5) is 5.69 Å². The maximum atomic E-state index is 12.3. The maximum Gasteiger partial charge on any atom is 0.338 e. The predicted octanol–water partition coefficient (Wildman–Crippen LogP) is 4.98. The van der Waals surface area contributed by atoms with Gasteiger partial charge in [-0.15, -0.1) is 0 Å². The van der Waals surface area contributed by atoms with E-state index in [2.05, 4.69) is 5.32 Å². The van der Waals surface area contributed by atoms with E-state index in [1.54, 1.807) is 30.3 Å². The van der Waals surface area contributed by atoms with Crippen LogP contribution in [0.3, 0.4) is 0 Å². The zero-order valence-corrected chi connectivity index (χ0v) is 17.1. The molecule has 0 saturated heterocycles. The molecular weight excluding hydrogens is 405 g/mol. The number of ether oxygens (including phenoxy) is 3. The van der Waals surface area contributed by atoms with Gasteiger partial charge in [-0.25, -0.2) is 4.79 Å². The molecule has 1 N–H and O–H groups in total. The Bertz CT molecular complexity index is 841. The van der Waals surface area contributed by atoms with Crippen LogP contribution in [-0.2, 0) is 9.53 Å². The van der Waals surface area contributed by atoms with Gasteiger partial charge in [0.2, 0.25) is 0 Å². The van der Waals surface area contributed by atoms with Crippen molar-refractivity contribution in [3.8, 4) is 11.5 Å². The van der Waals surface area contributed by atoms with Gasteiger partial charge in [0.05, 0.1) is 34.5 Å². The Hall–Kier alpha value is -2.44. The first-order valence-corrected chi connectivity index (χ1v) is 9.52. The molecule has 0 aliphatic rings. The highest BCUT2D eigenvalue weighted by atomic mass is 35.5. The van der Waals surface area contributed by atoms with Crippen LogP contribution in [0.15, 0.2) is 36.4 Å². The maximum absolute atomic E-state index is 12.3. The molecule has 0 spiro atoms. The SMILES string of the molecule is CCCOc1ccc(C(=O)OCC(=O)Nc2cccc(Cl)c2Cl)cc1OCC. The van der Waals surface area contributed by atoms with E-state index in [1.807, 2.05) is 13.8 Å². The van der Waals surface area contributed by atoms with Crippen LogP contribution < -0.4 is 14.8 Å². The average molecular weight is 426 g/mol. The average Bonchev–Trinajstić information content (AvgIpc) is 2.69. The number of carbonyl (C=O) groups excluding carboxylic acids is 2. The number of rotatable bonds is 9. The highest BCUT2D eigenvalue weighted by molar-refractivity contribution is 6.44. The van der Waals surface area contributed by atoms with E-state index in [4.69, 9.17) is 37.4 Å². The van der Waals surface area contributed by atoms with Gasteiger partial charge in [-0.05, 0) is 43.7 Å². The molecule has 0 unspecified atom stereocenters. The van der Waals surface area contributed by atoms with E-state index in [-0.39, 0.29) is 10.6 Å². The molecule has 0 atom stereocenters. The van der Waals surface area contributed by atoms with Crippen molar-refractivity contribution in [3.63, 3.8) is 0 Å². The Labute approximate surface area is 173 Å². The highest BCUT2D eigenvalue weighted by Crippen LogP contribution is 2.30. The summed E-state index contributed by atoms with van der Waals surface area (Å²) in [7, 11) is 0. The largest absolute Gasteiger partial charge is 0.490 e. The first-order valence-electron chi connectivity index (χ1n) is 8.76. The number of nitrogens with one attached hydrogen (secondary N) is 1. The van der Waals surface area contributed by atoms with Crippen LogP contribution in [0.2, 0.25) is 10.0 Å². The first kappa shape index (κ1) is 21.9. The number of hydrogen-bond acceptors (Lipinski definition) is 5. The normalized spacial score (nSPS) is 10.3. The van der Waals surface area contributed by atoms with E-state index in [0.717, 1.165) is 6.42 Å². The molecule has 2 aromatic carbocycles. The molecular formula is C20H21Cl2NO5. The van der Waals surface area contributed by atoms with Crippen LogP contribution in [0, 0.1) is 0 Å². The van der Waals surface area contributed by atoms with Crippen LogP contribution >= 0.6 is 23.2 Å². The molecule has 6 nitrogen and oxygen atoms in total. The molecule has 8 heteroatoms. The second-order valence-electron chi connectivity index (χ2n) is 5.67. The van der Waals surface area contributed by atoms with E-state index in [9.17, 15) is 9.59 Å². The summed E-state index contributed by atoms with van der Waals surface area (Å²) in [4.78, 5) is 24.3. The number of halogens is 2. The summed E-state index contributed by atoms with van der Waals surface area (Å²) in [6.07, 6.45) is 0.848. The second kappa shape index (κ2) is 10.8. The molecule has 150 valence electrons. The number of benzene rings is 2. The van der Waals surface area contributed by atoms with Crippen molar-refractivity contribution in [1.29, 1.82) is 0 Å². The van der Waals surface area contributed by atoms with Crippen LogP contribution in [0.1, 0.15) is 30.6 Å². The molecule has 2 aromatic rings. The fourth-order valence-corrected chi connectivity index (χ4v) is 2.58. The van der Waals surface area contributed by atoms with Gasteiger partial charge in [-0.2, -0.15) is 0 Å². The van der Waals surface area contributed by atoms with Gasteiger partial charge < -0.3 is 19.5 Å². The number of hydrogen-bond donors (Lipinski definition) is 1. The van der Waals surface area contributed by atoms with E-state index in [1.165, 1.54) is 6.07 Å². The third kappa shape index (κ3) is 6.04. The minimum Gasteiger partial charge on any atom is -0.490 e. The molecule has 0 radical (unpaired) electrons. The summed E-state index contributed by atoms with van der Waals surface area (Å²) in [6, 6.07) is 9.57. The Morgan fingerprint density at radius 2 is 1.82 bits per heavy atom. The molecule has 28 heavy (non-hydrogen) atoms. The van der Waals surface area contributed by atoms with Gasteiger partial charge in [-0.3, -0.25) is 4.79 Å². The molecule has 2 rings (SSSR count). The zero-order chi connectivity index (χ0) is 20.5. The lowest BCUT2D eigenvalue weighted by atomic mass is 10.2. The van der Waals surface area contributed by atoms with E-state index in [0.29, 0.717) is 35.4 Å². The highest BCUT2D eigenvalue weighted by Gasteiger charge is 2.15. The van der Waals surface area contributed by atoms with Crippen molar-refractivity contribution < 1.29 is 23.8 Å². The molecule has 0 heterocycles. The third-order valence-corrected chi connectivity index (χ3v) is 4.32. The second-order valence-corrected chi connectivity index (χ2v) is 6.45. The summed E-state index contributed by atoms with van der Waals surface area (Å²) in [5, 5.41) is 3.07. The quantitative estimate of drug-likeness (QED) is 0.573. The van der Waals surface area contributed by atoms with Gasteiger partial charge in [0.25, 0.3) is 5.91 Å². The molecule has 0 aliphatic heterocycles. The van der Waals surface area contributed by atoms with Gasteiger partial charge in [0.15, 0.2) is 18.1 Å². The lowest BCUT2D eigenvalue weighted by Gasteiger charge is -2.13. The summed E-state index contributed by atoms with van der Waals surface area (Å²) in [5.74, 6) is -0.199. The standard InChI is InChI=1S/C20H21Cl2NO5/c1-3-10-27-16-9-8-13(11-17(16)26-4-2)20(25)28-12-18(24)23-15-7-5-6-14(21)19(15)22/h5-9,11H,3-4,10,12H2,1-2H3,(H,23,24). The Kier molecular flexibility index (Phi) is 8.42. The predicted molar refractivity (Wildman–Crippen MR) is 109 cm³/mol. The first-order chi connectivity index (χ1) is 13.5. The number of esters is 1. The minimum absolute atomic E-state index is 0.216. The van der Waals surface area contributed by atoms with Crippen LogP contribution in [-0.4, -0.2) is 31.7 Å². The van der Waals surface area contributed by atoms with Crippen molar-refractivity contribution in [2.24, 2.45) is 0 Å². The third-order valence-electron chi connectivity index (χ3n) is 3.50. The summed E-state index contributed by atoms with van der Waals surface area (Å²) in [5.41, 5.74) is 0.590. The minimum atomic E-state index is -0.657. The van der Waals surface area contributed by atoms with E-state index >= 15 is 0 Å². The van der Waals surface area contributed by atoms with Gasteiger partial charge >= 0.3 is 5.97 Å². The van der Waals surface area contributed by atoms with Crippen molar-refractivity contribution >= 4 is 40.8 Å². The Balaban J connectivity index is 1.99. The van der Waals surface area contributed by atoms with Crippen molar-refractivity contribution in [1.82, 2.24) is 0 Å². The van der Waals surface area contributed by atoms with Gasteiger partial charge in [0, 0.05) is 0 Å². The molecule has 0 aromatic heterocycles. The van der Waals surface area contributed by atoms with E-state index < -0.39 is 18.5 Å². The molecule has 1 amide bonds. The number of amides is 1. The van der Waals surface area contributed by atoms with Crippen LogP contribution in [0.5, 0.6) is 11.5 Å². The fourth-order valence-electron chi connectivity index (χ4n) is 2.24. The van der Waals surface area contributed by atoms with Crippen molar-refractivity contribution in [2.75, 3.05) is 25.1 Å².